The topological polar surface area (TPSA) is 58.6 Å². The van der Waals surface area contributed by atoms with E-state index in [2.05, 4.69) is 36.7 Å². The number of unbranched alkanes of at least 4 members (excludes halogenated alkanes) is 3. The zero-order valence-electron chi connectivity index (χ0n) is 17.0. The molecule has 0 heterocycles. The van der Waals surface area contributed by atoms with Crippen LogP contribution in [0.25, 0.3) is 0 Å². The molecule has 0 aliphatic heterocycles. The second-order valence-electron chi connectivity index (χ2n) is 6.17. The number of hydrogen-bond donors (Lipinski definition) is 0. The molecule has 0 rings (SSSR count). The molecular weight excluding hydrogens is 325 g/mol. The minimum Gasteiger partial charge on any atom is -0.756 e. The van der Waals surface area contributed by atoms with Crippen LogP contribution in [-0.4, -0.2) is 43.9 Å². The van der Waals surface area contributed by atoms with Crippen molar-refractivity contribution in [3.05, 3.63) is 0 Å². The number of quaternary nitrogens is 1. The second kappa shape index (κ2) is 16.5. The Balaban J connectivity index is 0. The highest BCUT2D eigenvalue weighted by molar-refractivity contribution is 7.45. The Morgan fingerprint density at radius 1 is 0.750 bits per heavy atom. The van der Waals surface area contributed by atoms with Gasteiger partial charge in [0.1, 0.15) is 0 Å². The number of hydrogen-bond acceptors (Lipinski definition) is 4. The van der Waals surface area contributed by atoms with E-state index >= 15 is 0 Å². The van der Waals surface area contributed by atoms with Gasteiger partial charge in [-0.25, -0.2) is 0 Å². The molecule has 0 aliphatic carbocycles. The molecule has 6 heteroatoms. The van der Waals surface area contributed by atoms with E-state index in [1.165, 1.54) is 69.2 Å². The van der Waals surface area contributed by atoms with Crippen molar-refractivity contribution in [2.45, 2.75) is 80.1 Å². The Bertz CT molecular complexity index is 282. The van der Waals surface area contributed by atoms with E-state index in [-0.39, 0.29) is 13.2 Å². The van der Waals surface area contributed by atoms with Gasteiger partial charge in [0.15, 0.2) is 0 Å². The number of nitrogens with zero attached hydrogens (tertiary/aromatic N) is 1. The van der Waals surface area contributed by atoms with E-state index in [0.29, 0.717) is 0 Å². The highest BCUT2D eigenvalue weighted by Gasteiger charge is 2.22. The summed E-state index contributed by atoms with van der Waals surface area (Å²) in [5.41, 5.74) is 0. The second-order valence-corrected chi connectivity index (χ2v) is 7.58. The molecule has 0 aliphatic rings. The molecule has 0 atom stereocenters. The molecule has 0 unspecified atom stereocenters. The highest BCUT2D eigenvalue weighted by Crippen LogP contribution is 2.37. The lowest BCUT2D eigenvalue weighted by Crippen LogP contribution is -2.49. The van der Waals surface area contributed by atoms with Gasteiger partial charge in [0.25, 0.3) is 7.82 Å². The summed E-state index contributed by atoms with van der Waals surface area (Å²) in [6, 6.07) is 0. The lowest BCUT2D eigenvalue weighted by Gasteiger charge is -2.38. The number of rotatable bonds is 14. The molecule has 0 N–H and O–H groups in total. The predicted octanol–water partition coefficient (Wildman–Crippen LogP) is 4.75. The van der Waals surface area contributed by atoms with Crippen molar-refractivity contribution in [2.24, 2.45) is 0 Å². The molecule has 24 heavy (non-hydrogen) atoms. The first-order chi connectivity index (χ1) is 11.4. The van der Waals surface area contributed by atoms with Gasteiger partial charge in [-0.05, 0) is 40.0 Å². The van der Waals surface area contributed by atoms with E-state index in [4.69, 9.17) is 0 Å². The average Bonchev–Trinajstić information content (AvgIpc) is 2.55. The van der Waals surface area contributed by atoms with Gasteiger partial charge in [-0.1, -0.05) is 40.0 Å². The summed E-state index contributed by atoms with van der Waals surface area (Å²) in [5, 5.41) is 0. The summed E-state index contributed by atoms with van der Waals surface area (Å²) in [7, 11) is -3.94. The monoisotopic (exact) mass is 367 g/mol. The molecule has 0 fully saturated rings. The molecule has 0 spiro atoms. The summed E-state index contributed by atoms with van der Waals surface area (Å²) in [6.07, 6.45) is 8.25. The van der Waals surface area contributed by atoms with Crippen LogP contribution >= 0.6 is 7.82 Å². The van der Waals surface area contributed by atoms with Crippen LogP contribution in [0.2, 0.25) is 0 Å². The third-order valence-corrected chi connectivity index (χ3v) is 5.35. The van der Waals surface area contributed by atoms with Crippen LogP contribution in [0.5, 0.6) is 0 Å². The molecule has 148 valence electrons. The van der Waals surface area contributed by atoms with Gasteiger partial charge in [-0.2, -0.15) is 0 Å². The zero-order chi connectivity index (χ0) is 18.9. The van der Waals surface area contributed by atoms with Gasteiger partial charge < -0.3 is 18.4 Å². The van der Waals surface area contributed by atoms with Gasteiger partial charge >= 0.3 is 0 Å². The maximum atomic E-state index is 10.4. The van der Waals surface area contributed by atoms with E-state index in [1.54, 1.807) is 13.8 Å². The standard InChI is InChI=1S/C14H32N.C4H11O4P/c1-5-9-12-15(8-4,13-10-6-2)14-11-7-3;1-3-7-9(5,6)8-4-2/h5-14H2,1-4H3;3-4H2,1-2H3,(H,5,6)/q+1;/p-1. The third-order valence-electron chi connectivity index (χ3n) is 4.20. The molecule has 0 amide bonds. The minimum absolute atomic E-state index is 0.126. The summed E-state index contributed by atoms with van der Waals surface area (Å²) < 4.78 is 20.3. The van der Waals surface area contributed by atoms with E-state index in [1.807, 2.05) is 0 Å². The average molecular weight is 368 g/mol. The molecule has 0 radical (unpaired) electrons. The number of phosphoric acid groups is 1. The van der Waals surface area contributed by atoms with Crippen molar-refractivity contribution in [1.29, 1.82) is 0 Å². The van der Waals surface area contributed by atoms with Crippen LogP contribution in [0.3, 0.4) is 0 Å². The predicted molar refractivity (Wildman–Crippen MR) is 101 cm³/mol. The van der Waals surface area contributed by atoms with Crippen LogP contribution in [-0.2, 0) is 13.6 Å². The first-order valence-corrected chi connectivity index (χ1v) is 11.3. The summed E-state index contributed by atoms with van der Waals surface area (Å²) in [5.74, 6) is 0. The van der Waals surface area contributed by atoms with E-state index in [9.17, 15) is 9.46 Å². The third kappa shape index (κ3) is 14.4. The van der Waals surface area contributed by atoms with Crippen molar-refractivity contribution in [3.8, 4) is 0 Å². The Morgan fingerprint density at radius 2 is 1.08 bits per heavy atom. The van der Waals surface area contributed by atoms with Gasteiger partial charge in [-0.15, -0.1) is 0 Å². The Labute approximate surface area is 150 Å². The molecule has 0 bridgehead atoms. The molecule has 0 saturated carbocycles. The number of phosphoric ester groups is 1. The quantitative estimate of drug-likeness (QED) is 0.328. The van der Waals surface area contributed by atoms with Gasteiger partial charge in [0.2, 0.25) is 0 Å². The zero-order valence-corrected chi connectivity index (χ0v) is 17.9. The van der Waals surface area contributed by atoms with Crippen molar-refractivity contribution >= 4 is 7.82 Å². The van der Waals surface area contributed by atoms with Crippen LogP contribution in [0.4, 0.5) is 0 Å². The van der Waals surface area contributed by atoms with Gasteiger partial charge in [-0.3, -0.25) is 4.57 Å². The lowest BCUT2D eigenvalue weighted by atomic mass is 10.1. The fourth-order valence-corrected chi connectivity index (χ4v) is 3.35. The highest BCUT2D eigenvalue weighted by atomic mass is 31.2. The molecule has 5 nitrogen and oxygen atoms in total. The fraction of sp³-hybridized carbons (Fsp3) is 1.00. The van der Waals surface area contributed by atoms with Gasteiger partial charge in [0.05, 0.1) is 39.4 Å². The first-order valence-electron chi connectivity index (χ1n) is 9.82. The van der Waals surface area contributed by atoms with Crippen LogP contribution in [0.15, 0.2) is 0 Å². The van der Waals surface area contributed by atoms with Crippen molar-refractivity contribution < 1.29 is 23.0 Å². The van der Waals surface area contributed by atoms with Gasteiger partial charge in [0, 0.05) is 0 Å². The fourth-order valence-electron chi connectivity index (χ4n) is 2.64. The summed E-state index contributed by atoms with van der Waals surface area (Å²) in [6.45, 7) is 18.3. The van der Waals surface area contributed by atoms with Crippen LogP contribution in [0, 0.1) is 0 Å². The maximum Gasteiger partial charge on any atom is 0.267 e. The molecule has 0 aromatic rings. The minimum atomic E-state index is -3.94. The van der Waals surface area contributed by atoms with Crippen molar-refractivity contribution in [3.63, 3.8) is 0 Å². The smallest absolute Gasteiger partial charge is 0.267 e. The first kappa shape index (κ1) is 26.3. The lowest BCUT2D eigenvalue weighted by molar-refractivity contribution is -0.927. The van der Waals surface area contributed by atoms with Crippen LogP contribution in [0.1, 0.15) is 80.1 Å². The summed E-state index contributed by atoms with van der Waals surface area (Å²) >= 11 is 0. The van der Waals surface area contributed by atoms with E-state index in [0.717, 1.165) is 0 Å². The Hall–Kier alpha value is 0.0700. The molecule has 0 aromatic carbocycles. The molecule has 0 aromatic heterocycles. The van der Waals surface area contributed by atoms with Crippen molar-refractivity contribution in [2.75, 3.05) is 39.4 Å². The normalized spacial score (nSPS) is 12.0. The van der Waals surface area contributed by atoms with E-state index < -0.39 is 7.82 Å². The summed E-state index contributed by atoms with van der Waals surface area (Å²) in [4.78, 5) is 10.4. The molecule has 0 saturated heterocycles. The SMILES string of the molecule is CCCC[N+](CC)(CCCC)CCCC.CCOP(=O)([O-])OCC. The maximum absolute atomic E-state index is 10.4. The van der Waals surface area contributed by atoms with Crippen molar-refractivity contribution in [1.82, 2.24) is 0 Å². The molecular formula is C18H42NO4P. The largest absolute Gasteiger partial charge is 0.756 e. The Kier molecular flexibility index (Phi) is 18.1. The van der Waals surface area contributed by atoms with Crippen LogP contribution < -0.4 is 4.89 Å². The Morgan fingerprint density at radius 3 is 1.29 bits per heavy atom.